The molecule has 1 aliphatic heterocycles. The van der Waals surface area contributed by atoms with Crippen LogP contribution in [0, 0.1) is 0 Å². The normalized spacial score (nSPS) is 14.2. The molecule has 0 saturated carbocycles. The monoisotopic (exact) mass is 543 g/mol. The Bertz CT molecular complexity index is 1500. The maximum Gasteiger partial charge on any atom is 0.273 e. The summed E-state index contributed by atoms with van der Waals surface area (Å²) < 4.78 is 27.6. The van der Waals surface area contributed by atoms with Gasteiger partial charge >= 0.3 is 0 Å². The SMILES string of the molecule is CCOc1ccc(C2c3c(-c4ccc(OC)cc4)n[nH]c3C(=O)N2CCc2ccc(OC)c(OC)c2)cc1OC. The molecule has 4 aromatic rings. The second kappa shape index (κ2) is 11.6. The number of amides is 1. The molecule has 1 amide bonds. The highest BCUT2D eigenvalue weighted by Gasteiger charge is 2.42. The number of carbonyl (C=O) groups excluding carboxylic acids is 1. The van der Waals surface area contributed by atoms with Crippen LogP contribution in [0.5, 0.6) is 28.7 Å². The first-order valence-electron chi connectivity index (χ1n) is 13.1. The lowest BCUT2D eigenvalue weighted by Gasteiger charge is -2.27. The van der Waals surface area contributed by atoms with Crippen molar-refractivity contribution in [2.75, 3.05) is 41.6 Å². The molecule has 40 heavy (non-hydrogen) atoms. The van der Waals surface area contributed by atoms with Crippen LogP contribution in [0.4, 0.5) is 0 Å². The second-order valence-electron chi connectivity index (χ2n) is 9.27. The second-order valence-corrected chi connectivity index (χ2v) is 9.27. The molecule has 1 aromatic heterocycles. The van der Waals surface area contributed by atoms with Crippen LogP contribution in [-0.4, -0.2) is 62.6 Å². The highest BCUT2D eigenvalue weighted by Crippen LogP contribution is 2.45. The largest absolute Gasteiger partial charge is 0.497 e. The number of nitrogens with zero attached hydrogens (tertiary/aromatic N) is 2. The van der Waals surface area contributed by atoms with Gasteiger partial charge in [0.25, 0.3) is 5.91 Å². The van der Waals surface area contributed by atoms with E-state index < -0.39 is 0 Å². The van der Waals surface area contributed by atoms with Gasteiger partial charge in [0, 0.05) is 17.7 Å². The Kier molecular flexibility index (Phi) is 7.82. The van der Waals surface area contributed by atoms with Crippen LogP contribution in [-0.2, 0) is 6.42 Å². The van der Waals surface area contributed by atoms with Gasteiger partial charge in [0.1, 0.15) is 11.4 Å². The fraction of sp³-hybridized carbons (Fsp3) is 0.290. The van der Waals surface area contributed by atoms with E-state index in [1.54, 1.807) is 28.4 Å². The summed E-state index contributed by atoms with van der Waals surface area (Å²) in [5.74, 6) is 3.20. The Morgan fingerprint density at radius 2 is 1.52 bits per heavy atom. The van der Waals surface area contributed by atoms with Crippen molar-refractivity contribution < 1.29 is 28.5 Å². The topological polar surface area (TPSA) is 95.1 Å². The lowest BCUT2D eigenvalue weighted by atomic mass is 9.95. The summed E-state index contributed by atoms with van der Waals surface area (Å²) in [6, 6.07) is 18.9. The maximum absolute atomic E-state index is 13.8. The number of methoxy groups -OCH3 is 4. The number of hydrogen-bond acceptors (Lipinski definition) is 7. The van der Waals surface area contributed by atoms with Crippen LogP contribution in [0.15, 0.2) is 60.7 Å². The predicted molar refractivity (Wildman–Crippen MR) is 151 cm³/mol. The third kappa shape index (κ3) is 4.90. The Balaban J connectivity index is 1.56. The average Bonchev–Trinajstić information content (AvgIpc) is 3.54. The summed E-state index contributed by atoms with van der Waals surface area (Å²) in [7, 11) is 6.47. The van der Waals surface area contributed by atoms with E-state index in [1.807, 2.05) is 72.5 Å². The standard InChI is InChI=1S/C31H33N3O6/c1-6-40-24-14-10-21(18-26(24)39-5)30-27-28(20-8-11-22(36-2)12-9-20)32-33-29(27)31(35)34(30)16-15-19-7-13-23(37-3)25(17-19)38-4/h7-14,17-18,30H,6,15-16H2,1-5H3,(H,32,33). The van der Waals surface area contributed by atoms with Gasteiger partial charge in [-0.2, -0.15) is 5.10 Å². The summed E-state index contributed by atoms with van der Waals surface area (Å²) in [5, 5.41) is 7.59. The molecule has 1 N–H and O–H groups in total. The molecule has 2 heterocycles. The van der Waals surface area contributed by atoms with E-state index in [-0.39, 0.29) is 11.9 Å². The minimum Gasteiger partial charge on any atom is -0.497 e. The van der Waals surface area contributed by atoms with E-state index >= 15 is 0 Å². The van der Waals surface area contributed by atoms with E-state index in [2.05, 4.69) is 10.2 Å². The molecule has 0 bridgehead atoms. The molecule has 0 radical (unpaired) electrons. The van der Waals surface area contributed by atoms with Crippen molar-refractivity contribution in [2.24, 2.45) is 0 Å². The van der Waals surface area contributed by atoms with E-state index in [1.165, 1.54) is 0 Å². The molecule has 0 spiro atoms. The number of aromatic nitrogens is 2. The van der Waals surface area contributed by atoms with Crippen molar-refractivity contribution in [3.63, 3.8) is 0 Å². The van der Waals surface area contributed by atoms with Gasteiger partial charge in [-0.05, 0) is 73.0 Å². The Hall–Kier alpha value is -4.66. The van der Waals surface area contributed by atoms with E-state index in [0.717, 1.165) is 33.7 Å². The van der Waals surface area contributed by atoms with Crippen molar-refractivity contribution in [3.8, 4) is 40.0 Å². The van der Waals surface area contributed by atoms with Gasteiger partial charge in [0.15, 0.2) is 23.0 Å². The van der Waals surface area contributed by atoms with Crippen LogP contribution in [0.25, 0.3) is 11.3 Å². The average molecular weight is 544 g/mol. The van der Waals surface area contributed by atoms with Crippen molar-refractivity contribution in [2.45, 2.75) is 19.4 Å². The molecule has 3 aromatic carbocycles. The van der Waals surface area contributed by atoms with Gasteiger partial charge < -0.3 is 28.6 Å². The van der Waals surface area contributed by atoms with Gasteiger partial charge in [-0.25, -0.2) is 0 Å². The molecule has 9 nitrogen and oxygen atoms in total. The molecule has 0 fully saturated rings. The number of nitrogens with one attached hydrogen (secondary N) is 1. The first-order chi connectivity index (χ1) is 19.5. The summed E-state index contributed by atoms with van der Waals surface area (Å²) in [4.78, 5) is 15.7. The highest BCUT2D eigenvalue weighted by molar-refractivity contribution is 6.00. The summed E-state index contributed by atoms with van der Waals surface area (Å²) in [6.07, 6.45) is 0.617. The first-order valence-corrected chi connectivity index (χ1v) is 13.1. The molecule has 1 atom stereocenters. The molecule has 0 saturated heterocycles. The molecule has 208 valence electrons. The minimum absolute atomic E-state index is 0.111. The Morgan fingerprint density at radius 1 is 0.825 bits per heavy atom. The van der Waals surface area contributed by atoms with Crippen molar-refractivity contribution in [1.29, 1.82) is 0 Å². The Labute approximate surface area is 233 Å². The highest BCUT2D eigenvalue weighted by atomic mass is 16.5. The third-order valence-corrected chi connectivity index (χ3v) is 7.12. The molecule has 0 aliphatic carbocycles. The maximum atomic E-state index is 13.8. The fourth-order valence-corrected chi connectivity index (χ4v) is 5.16. The van der Waals surface area contributed by atoms with Crippen LogP contribution >= 0.6 is 0 Å². The quantitative estimate of drug-likeness (QED) is 0.274. The number of benzene rings is 3. The zero-order valence-electron chi connectivity index (χ0n) is 23.3. The van der Waals surface area contributed by atoms with Crippen LogP contribution in [0.2, 0.25) is 0 Å². The number of ether oxygens (including phenoxy) is 5. The molecule has 1 aliphatic rings. The van der Waals surface area contributed by atoms with Crippen molar-refractivity contribution in [3.05, 3.63) is 83.0 Å². The zero-order valence-corrected chi connectivity index (χ0v) is 23.3. The minimum atomic E-state index is -0.386. The lowest BCUT2D eigenvalue weighted by molar-refractivity contribution is 0.0745. The zero-order chi connectivity index (χ0) is 28.2. The van der Waals surface area contributed by atoms with Crippen LogP contribution < -0.4 is 23.7 Å². The Morgan fingerprint density at radius 3 is 2.20 bits per heavy atom. The predicted octanol–water partition coefficient (Wildman–Crippen LogP) is 5.30. The number of rotatable bonds is 11. The number of hydrogen-bond donors (Lipinski definition) is 1. The van der Waals surface area contributed by atoms with Gasteiger partial charge in [0.2, 0.25) is 0 Å². The van der Waals surface area contributed by atoms with Crippen molar-refractivity contribution >= 4 is 5.91 Å². The first kappa shape index (κ1) is 26.9. The molecule has 9 heteroatoms. The van der Waals surface area contributed by atoms with Crippen LogP contribution in [0.3, 0.4) is 0 Å². The smallest absolute Gasteiger partial charge is 0.273 e. The number of fused-ring (bicyclic) bond motifs is 1. The number of H-pyrrole nitrogens is 1. The molecular formula is C31H33N3O6. The fourth-order valence-electron chi connectivity index (χ4n) is 5.16. The number of carbonyl (C=O) groups is 1. The third-order valence-electron chi connectivity index (χ3n) is 7.12. The summed E-state index contributed by atoms with van der Waals surface area (Å²) in [5.41, 5.74) is 4.84. The van der Waals surface area contributed by atoms with Crippen LogP contribution in [0.1, 0.15) is 40.1 Å². The molecule has 1 unspecified atom stereocenters. The van der Waals surface area contributed by atoms with Gasteiger partial charge in [-0.1, -0.05) is 12.1 Å². The number of aromatic amines is 1. The van der Waals surface area contributed by atoms with Gasteiger partial charge in [0.05, 0.1) is 46.8 Å². The van der Waals surface area contributed by atoms with Gasteiger partial charge in [-0.3, -0.25) is 9.89 Å². The van der Waals surface area contributed by atoms with Crippen molar-refractivity contribution in [1.82, 2.24) is 15.1 Å². The summed E-state index contributed by atoms with van der Waals surface area (Å²) in [6.45, 7) is 2.92. The molecule has 5 rings (SSSR count). The van der Waals surface area contributed by atoms with E-state index in [0.29, 0.717) is 48.3 Å². The van der Waals surface area contributed by atoms with E-state index in [9.17, 15) is 4.79 Å². The lowest BCUT2D eigenvalue weighted by Crippen LogP contribution is -2.31. The van der Waals surface area contributed by atoms with E-state index in [4.69, 9.17) is 23.7 Å². The molecular weight excluding hydrogens is 510 g/mol. The van der Waals surface area contributed by atoms with Gasteiger partial charge in [-0.15, -0.1) is 0 Å². The summed E-state index contributed by atoms with van der Waals surface area (Å²) >= 11 is 0.